The fourth-order valence-electron chi connectivity index (χ4n) is 3.61. The first-order chi connectivity index (χ1) is 16.6. The molecule has 34 heavy (non-hydrogen) atoms. The van der Waals surface area contributed by atoms with E-state index in [4.69, 9.17) is 11.6 Å². The van der Waals surface area contributed by atoms with Crippen LogP contribution in [0.15, 0.2) is 90.8 Å². The fourth-order valence-corrected chi connectivity index (χ4v) is 3.78. The van der Waals surface area contributed by atoms with Gasteiger partial charge >= 0.3 is 0 Å². The van der Waals surface area contributed by atoms with Crippen molar-refractivity contribution in [3.05, 3.63) is 107 Å². The Bertz CT molecular complexity index is 1190. The number of para-hydroxylation sites is 1. The quantitative estimate of drug-likeness (QED) is 0.247. The minimum absolute atomic E-state index is 0.0204. The van der Waals surface area contributed by atoms with E-state index in [1.54, 1.807) is 35.4 Å². The van der Waals surface area contributed by atoms with Crippen molar-refractivity contribution in [3.63, 3.8) is 0 Å². The number of amides is 2. The van der Waals surface area contributed by atoms with Crippen LogP contribution in [0.5, 0.6) is 0 Å². The fraction of sp³-hybridized carbons (Fsp3) is 0.148. The molecule has 1 aliphatic heterocycles. The number of nitrogens with zero attached hydrogens (tertiary/aromatic N) is 3. The number of benzene rings is 2. The molecule has 0 saturated carbocycles. The Morgan fingerprint density at radius 2 is 1.56 bits per heavy atom. The number of pyridine rings is 1. The average molecular weight is 473 g/mol. The van der Waals surface area contributed by atoms with Crippen LogP contribution in [0.1, 0.15) is 11.1 Å². The van der Waals surface area contributed by atoms with Gasteiger partial charge in [0.15, 0.2) is 0 Å². The number of aromatic nitrogens is 1. The lowest BCUT2D eigenvalue weighted by Gasteiger charge is -2.34. The van der Waals surface area contributed by atoms with Crippen LogP contribution in [0.25, 0.3) is 12.2 Å². The molecular formula is C27H25ClN4O2. The molecule has 3 aromatic rings. The number of nitrogens with one attached hydrogen (secondary N) is 1. The van der Waals surface area contributed by atoms with Crippen LogP contribution in [-0.2, 0) is 9.59 Å². The van der Waals surface area contributed by atoms with Gasteiger partial charge in [0.25, 0.3) is 11.8 Å². The topological polar surface area (TPSA) is 65.5 Å². The van der Waals surface area contributed by atoms with Gasteiger partial charge in [-0.1, -0.05) is 66.2 Å². The van der Waals surface area contributed by atoms with E-state index in [0.717, 1.165) is 5.56 Å². The van der Waals surface area contributed by atoms with Gasteiger partial charge < -0.3 is 15.1 Å². The smallest absolute Gasteiger partial charge is 0.261 e. The molecule has 0 aliphatic carbocycles. The molecule has 6 nitrogen and oxygen atoms in total. The van der Waals surface area contributed by atoms with Crippen molar-refractivity contribution >= 4 is 41.3 Å². The Morgan fingerprint density at radius 1 is 0.882 bits per heavy atom. The second kappa shape index (κ2) is 11.3. The summed E-state index contributed by atoms with van der Waals surface area (Å²) in [5.41, 5.74) is 2.27. The molecule has 2 aromatic carbocycles. The minimum atomic E-state index is -0.484. The maximum atomic E-state index is 13.4. The largest absolute Gasteiger partial charge is 0.374 e. The lowest BCUT2D eigenvalue weighted by Crippen LogP contribution is -2.48. The number of anilines is 1. The van der Waals surface area contributed by atoms with Gasteiger partial charge in [0.2, 0.25) is 0 Å². The predicted octanol–water partition coefficient (Wildman–Crippen LogP) is 4.57. The highest BCUT2D eigenvalue weighted by atomic mass is 35.5. The Hall–Kier alpha value is -3.90. The summed E-state index contributed by atoms with van der Waals surface area (Å²) in [5.74, 6) is -0.817. The summed E-state index contributed by atoms with van der Waals surface area (Å²) in [7, 11) is 0. The zero-order valence-corrected chi connectivity index (χ0v) is 19.4. The maximum Gasteiger partial charge on any atom is 0.261 e. The van der Waals surface area contributed by atoms with Crippen LogP contribution in [0.4, 0.5) is 5.69 Å². The van der Waals surface area contributed by atoms with Gasteiger partial charge in [0.1, 0.15) is 10.7 Å². The van der Waals surface area contributed by atoms with Gasteiger partial charge in [-0.15, -0.1) is 0 Å². The van der Waals surface area contributed by atoms with Crippen LogP contribution >= 0.6 is 11.6 Å². The van der Waals surface area contributed by atoms with Crippen molar-refractivity contribution in [1.29, 1.82) is 0 Å². The van der Waals surface area contributed by atoms with E-state index in [1.165, 1.54) is 6.08 Å². The number of carbonyl (C=O) groups excluding carboxylic acids is 2. The van der Waals surface area contributed by atoms with Gasteiger partial charge in [-0.05, 0) is 42.1 Å². The molecular weight excluding hydrogens is 448 g/mol. The first-order valence-electron chi connectivity index (χ1n) is 11.1. The van der Waals surface area contributed by atoms with Gasteiger partial charge in [-0.3, -0.25) is 9.59 Å². The molecule has 1 aromatic heterocycles. The summed E-state index contributed by atoms with van der Waals surface area (Å²) in [6, 6.07) is 22.6. The molecule has 7 heteroatoms. The Balaban J connectivity index is 1.49. The predicted molar refractivity (Wildman–Crippen MR) is 136 cm³/mol. The first kappa shape index (κ1) is 23.3. The summed E-state index contributed by atoms with van der Waals surface area (Å²) in [6.07, 6.45) is 7.18. The van der Waals surface area contributed by atoms with E-state index in [-0.39, 0.29) is 16.6 Å². The standard InChI is InChI=1S/C27H25ClN4O2/c28-25-22(10-7-14-29-25)20-24(26(33)30-23-11-5-2-6-12-23)27(34)32-18-16-31(17-19-32)15-13-21-8-3-1-4-9-21/h1-15,20H,16-19H2,(H,30,33). The molecule has 1 N–H and O–H groups in total. The maximum absolute atomic E-state index is 13.4. The molecule has 0 radical (unpaired) electrons. The molecule has 2 amide bonds. The number of piperazine rings is 1. The third-order valence-electron chi connectivity index (χ3n) is 5.47. The van der Waals surface area contributed by atoms with E-state index in [0.29, 0.717) is 37.4 Å². The number of hydrogen-bond donors (Lipinski definition) is 1. The number of hydrogen-bond acceptors (Lipinski definition) is 4. The average Bonchev–Trinajstić information content (AvgIpc) is 2.88. The molecule has 1 aliphatic rings. The SMILES string of the molecule is O=C(Nc1ccccc1)C(=Cc1cccnc1Cl)C(=O)N1CCN(C=Cc2ccccc2)CC1. The van der Waals surface area contributed by atoms with Crippen molar-refractivity contribution in [2.75, 3.05) is 31.5 Å². The van der Waals surface area contributed by atoms with Crippen molar-refractivity contribution in [2.24, 2.45) is 0 Å². The lowest BCUT2D eigenvalue weighted by atomic mass is 10.1. The number of rotatable bonds is 6. The van der Waals surface area contributed by atoms with Crippen LogP contribution in [-0.4, -0.2) is 52.8 Å². The van der Waals surface area contributed by atoms with Crippen molar-refractivity contribution in [3.8, 4) is 0 Å². The molecule has 0 bridgehead atoms. The van der Waals surface area contributed by atoms with E-state index >= 15 is 0 Å². The second-order valence-electron chi connectivity index (χ2n) is 7.82. The third-order valence-corrected chi connectivity index (χ3v) is 5.79. The van der Waals surface area contributed by atoms with Crippen molar-refractivity contribution in [1.82, 2.24) is 14.8 Å². The second-order valence-corrected chi connectivity index (χ2v) is 8.17. The molecule has 1 fully saturated rings. The highest BCUT2D eigenvalue weighted by Crippen LogP contribution is 2.19. The summed E-state index contributed by atoms with van der Waals surface area (Å²) in [6.45, 7) is 2.37. The van der Waals surface area contributed by atoms with Crippen molar-refractivity contribution in [2.45, 2.75) is 0 Å². The van der Waals surface area contributed by atoms with E-state index < -0.39 is 5.91 Å². The Kier molecular flexibility index (Phi) is 7.73. The van der Waals surface area contributed by atoms with Crippen LogP contribution in [0.3, 0.4) is 0 Å². The molecule has 0 unspecified atom stereocenters. The minimum Gasteiger partial charge on any atom is -0.374 e. The molecule has 0 spiro atoms. The van der Waals surface area contributed by atoms with Gasteiger partial charge in [0.05, 0.1) is 0 Å². The molecule has 1 saturated heterocycles. The van der Waals surface area contributed by atoms with E-state index in [1.807, 2.05) is 54.7 Å². The zero-order chi connectivity index (χ0) is 23.8. The van der Waals surface area contributed by atoms with Gasteiger partial charge in [-0.25, -0.2) is 4.98 Å². The summed E-state index contributed by atoms with van der Waals surface area (Å²) in [5, 5.41) is 3.04. The van der Waals surface area contributed by atoms with Crippen LogP contribution < -0.4 is 5.32 Å². The zero-order valence-electron chi connectivity index (χ0n) is 18.6. The van der Waals surface area contributed by atoms with Gasteiger partial charge in [0, 0.05) is 43.6 Å². The highest BCUT2D eigenvalue weighted by Gasteiger charge is 2.27. The number of halogens is 1. The summed E-state index contributed by atoms with van der Waals surface area (Å²) >= 11 is 6.20. The van der Waals surface area contributed by atoms with E-state index in [2.05, 4.69) is 21.3 Å². The van der Waals surface area contributed by atoms with Crippen molar-refractivity contribution < 1.29 is 9.59 Å². The molecule has 2 heterocycles. The Morgan fingerprint density at radius 3 is 2.24 bits per heavy atom. The monoisotopic (exact) mass is 472 g/mol. The summed E-state index contributed by atoms with van der Waals surface area (Å²) < 4.78 is 0. The van der Waals surface area contributed by atoms with E-state index in [9.17, 15) is 9.59 Å². The normalized spacial score (nSPS) is 14.3. The lowest BCUT2D eigenvalue weighted by molar-refractivity contribution is -0.130. The number of carbonyl (C=O) groups is 2. The molecule has 4 rings (SSSR count). The highest BCUT2D eigenvalue weighted by molar-refractivity contribution is 6.32. The Labute approximate surface area is 204 Å². The molecule has 0 atom stereocenters. The van der Waals surface area contributed by atoms with Crippen LogP contribution in [0, 0.1) is 0 Å². The summed E-state index contributed by atoms with van der Waals surface area (Å²) in [4.78, 5) is 34.5. The first-order valence-corrected chi connectivity index (χ1v) is 11.4. The van der Waals surface area contributed by atoms with Gasteiger partial charge in [-0.2, -0.15) is 0 Å². The third kappa shape index (κ3) is 6.11. The molecule has 172 valence electrons. The van der Waals surface area contributed by atoms with Crippen LogP contribution in [0.2, 0.25) is 5.15 Å².